The maximum absolute atomic E-state index is 13.4. The van der Waals surface area contributed by atoms with Crippen molar-refractivity contribution in [2.75, 3.05) is 30.4 Å². The van der Waals surface area contributed by atoms with Crippen LogP contribution in [0.3, 0.4) is 0 Å². The number of carbonyl (C=O) groups is 1. The first kappa shape index (κ1) is 17.2. The number of aromatic nitrogens is 2. The summed E-state index contributed by atoms with van der Waals surface area (Å²) in [5, 5.41) is 3.57. The lowest BCUT2D eigenvalue weighted by Gasteiger charge is -2.24. The molecule has 1 saturated carbocycles. The molecule has 0 bridgehead atoms. The van der Waals surface area contributed by atoms with Gasteiger partial charge in [0.05, 0.1) is 29.6 Å². The van der Waals surface area contributed by atoms with Crippen LogP contribution >= 0.6 is 0 Å². The molecule has 2 heterocycles. The minimum Gasteiger partial charge on any atom is -0.465 e. The van der Waals surface area contributed by atoms with Gasteiger partial charge in [0, 0.05) is 35.5 Å². The van der Waals surface area contributed by atoms with Crippen molar-refractivity contribution < 1.29 is 13.6 Å². The van der Waals surface area contributed by atoms with Crippen LogP contribution in [0, 0.1) is 18.7 Å². The lowest BCUT2D eigenvalue weighted by atomic mass is 10.0. The molecule has 3 atom stereocenters. The number of nitrogens with one attached hydrogen (secondary N) is 1. The Kier molecular flexibility index (Phi) is 4.12. The van der Waals surface area contributed by atoms with Gasteiger partial charge in [0.1, 0.15) is 0 Å². The number of piperidine rings is 1. The highest BCUT2D eigenvalue weighted by atomic mass is 16.5. The van der Waals surface area contributed by atoms with Gasteiger partial charge in [-0.2, -0.15) is 0 Å². The molecular weight excluding hydrogens is 404 g/mol. The van der Waals surface area contributed by atoms with Crippen LogP contribution in [0.15, 0.2) is 41.2 Å². The van der Waals surface area contributed by atoms with E-state index in [2.05, 4.69) is 10.2 Å². The summed E-state index contributed by atoms with van der Waals surface area (Å²) in [6, 6.07) is 9.52. The van der Waals surface area contributed by atoms with Gasteiger partial charge >= 0.3 is 5.97 Å². The highest BCUT2D eigenvalue weighted by molar-refractivity contribution is 5.95. The van der Waals surface area contributed by atoms with Gasteiger partial charge in [0.25, 0.3) is 5.56 Å². The molecule has 2 aliphatic rings. The zero-order chi connectivity index (χ0) is 25.1. The number of anilines is 2. The van der Waals surface area contributed by atoms with Crippen molar-refractivity contribution in [2.24, 2.45) is 18.9 Å². The summed E-state index contributed by atoms with van der Waals surface area (Å²) in [7, 11) is 3.00. The minimum atomic E-state index is -2.40. The van der Waals surface area contributed by atoms with E-state index in [9.17, 15) is 9.59 Å². The number of nitrogens with zero attached hydrogens (tertiary/aromatic N) is 3. The summed E-state index contributed by atoms with van der Waals surface area (Å²) in [5.41, 5.74) is 1.75. The number of benzene rings is 2. The van der Waals surface area contributed by atoms with Crippen molar-refractivity contribution in [3.63, 3.8) is 0 Å². The van der Waals surface area contributed by atoms with Crippen LogP contribution in [0.5, 0.6) is 0 Å². The molecule has 3 aromatic rings. The maximum atomic E-state index is 13.4. The molecule has 1 N–H and O–H groups in total. The molecule has 1 aliphatic carbocycles. The lowest BCUT2D eigenvalue weighted by Crippen LogP contribution is -2.31. The first-order chi connectivity index (χ1) is 16.6. The molecule has 3 unspecified atom stereocenters. The number of para-hydroxylation sites is 1. The zero-order valence-electron chi connectivity index (χ0n) is 21.4. The smallest absolute Gasteiger partial charge is 0.339 e. The third-order valence-corrected chi connectivity index (χ3v) is 6.62. The van der Waals surface area contributed by atoms with E-state index in [0.29, 0.717) is 40.1 Å². The van der Waals surface area contributed by atoms with Gasteiger partial charge in [0.15, 0.2) is 0 Å². The second-order valence-corrected chi connectivity index (χ2v) is 8.80. The average Bonchev–Trinajstić information content (AvgIpc) is 3.44. The molecule has 1 aromatic heterocycles. The molecule has 5 rings (SSSR count). The molecule has 32 heavy (non-hydrogen) atoms. The predicted octanol–water partition coefficient (Wildman–Crippen LogP) is 3.66. The Morgan fingerprint density at radius 3 is 2.75 bits per heavy atom. The number of ether oxygens (including phenoxy) is 1. The predicted molar refractivity (Wildman–Crippen MR) is 125 cm³/mol. The van der Waals surface area contributed by atoms with Crippen molar-refractivity contribution >= 4 is 28.5 Å². The number of aryl methyl sites for hydroxylation is 1. The molecular formula is C25H28N4O3. The van der Waals surface area contributed by atoms with Gasteiger partial charge in [0.2, 0.25) is 5.95 Å². The molecule has 2 aromatic carbocycles. The second kappa shape index (κ2) is 7.65. The molecule has 0 amide bonds. The van der Waals surface area contributed by atoms with Gasteiger partial charge in [-0.1, -0.05) is 18.2 Å². The molecule has 0 spiro atoms. The first-order valence-corrected chi connectivity index (χ1v) is 10.8. The van der Waals surface area contributed by atoms with Gasteiger partial charge in [-0.05, 0) is 55.8 Å². The number of methoxy groups -OCH3 is 1. The SMILES string of the molecule is [2H]C([2H])([2H])c1cc(C(C)Nc2ccccc2C(=O)OC)c2nc(N3CC4CC4C3)n(C)c(=O)c2c1. The Balaban J connectivity index is 1.65. The molecule has 166 valence electrons. The van der Waals surface area contributed by atoms with Crippen molar-refractivity contribution in [1.29, 1.82) is 0 Å². The van der Waals surface area contributed by atoms with Gasteiger partial charge in [-0.25, -0.2) is 9.78 Å². The van der Waals surface area contributed by atoms with Crippen LogP contribution in [0.4, 0.5) is 11.6 Å². The summed E-state index contributed by atoms with van der Waals surface area (Å²) >= 11 is 0. The molecule has 7 heteroatoms. The lowest BCUT2D eigenvalue weighted by molar-refractivity contribution is 0.0602. The Morgan fingerprint density at radius 2 is 2.03 bits per heavy atom. The van der Waals surface area contributed by atoms with Gasteiger partial charge in [-0.15, -0.1) is 0 Å². The van der Waals surface area contributed by atoms with E-state index in [1.54, 1.807) is 37.4 Å². The number of esters is 1. The Labute approximate surface area is 191 Å². The van der Waals surface area contributed by atoms with E-state index in [1.165, 1.54) is 24.2 Å². The third-order valence-electron chi connectivity index (χ3n) is 6.62. The summed E-state index contributed by atoms with van der Waals surface area (Å²) < 4.78 is 30.3. The van der Waals surface area contributed by atoms with E-state index in [0.717, 1.165) is 13.1 Å². The summed E-state index contributed by atoms with van der Waals surface area (Å²) in [6.45, 7) is 1.21. The normalized spacial score (nSPS) is 22.0. The van der Waals surface area contributed by atoms with E-state index < -0.39 is 18.9 Å². The fourth-order valence-electron chi connectivity index (χ4n) is 4.77. The molecule has 0 radical (unpaired) electrons. The van der Waals surface area contributed by atoms with Crippen LogP contribution in [-0.2, 0) is 11.8 Å². The number of hydrogen-bond donors (Lipinski definition) is 1. The largest absolute Gasteiger partial charge is 0.465 e. The fraction of sp³-hybridized carbons (Fsp3) is 0.400. The van der Waals surface area contributed by atoms with Crippen molar-refractivity contribution in [2.45, 2.75) is 26.2 Å². The van der Waals surface area contributed by atoms with E-state index in [-0.39, 0.29) is 16.5 Å². The first-order valence-electron chi connectivity index (χ1n) is 12.3. The molecule has 1 saturated heterocycles. The third kappa shape index (κ3) is 3.42. The molecule has 7 nitrogen and oxygen atoms in total. The maximum Gasteiger partial charge on any atom is 0.339 e. The van der Waals surface area contributed by atoms with Gasteiger partial charge in [-0.3, -0.25) is 9.36 Å². The Morgan fingerprint density at radius 1 is 1.28 bits per heavy atom. The highest BCUT2D eigenvalue weighted by Crippen LogP contribution is 2.46. The molecule has 1 aliphatic heterocycles. The van der Waals surface area contributed by atoms with E-state index in [1.807, 2.05) is 6.92 Å². The topological polar surface area (TPSA) is 76.5 Å². The quantitative estimate of drug-likeness (QED) is 0.617. The summed E-state index contributed by atoms with van der Waals surface area (Å²) in [6.07, 6.45) is 1.23. The van der Waals surface area contributed by atoms with E-state index in [4.69, 9.17) is 13.8 Å². The van der Waals surface area contributed by atoms with Crippen LogP contribution in [0.25, 0.3) is 10.9 Å². The van der Waals surface area contributed by atoms with Crippen LogP contribution < -0.4 is 15.8 Å². The number of rotatable bonds is 5. The monoisotopic (exact) mass is 435 g/mol. The summed E-state index contributed by atoms with van der Waals surface area (Å²) in [4.78, 5) is 32.7. The number of hydrogen-bond acceptors (Lipinski definition) is 6. The molecule has 2 fully saturated rings. The number of fused-ring (bicyclic) bond motifs is 2. The summed E-state index contributed by atoms with van der Waals surface area (Å²) in [5.74, 6) is 1.44. The van der Waals surface area contributed by atoms with Crippen molar-refractivity contribution in [1.82, 2.24) is 9.55 Å². The van der Waals surface area contributed by atoms with Crippen molar-refractivity contribution in [3.8, 4) is 0 Å². The second-order valence-electron chi connectivity index (χ2n) is 8.80. The van der Waals surface area contributed by atoms with Crippen LogP contribution in [-0.4, -0.2) is 35.7 Å². The fourth-order valence-corrected chi connectivity index (χ4v) is 4.77. The zero-order valence-corrected chi connectivity index (χ0v) is 18.4. The highest BCUT2D eigenvalue weighted by Gasteiger charge is 2.46. The minimum absolute atomic E-state index is 0.0731. The van der Waals surface area contributed by atoms with Gasteiger partial charge < -0.3 is 15.0 Å². The Bertz CT molecular complexity index is 1370. The number of carbonyl (C=O) groups excluding carboxylic acids is 1. The van der Waals surface area contributed by atoms with Crippen LogP contribution in [0.2, 0.25) is 0 Å². The van der Waals surface area contributed by atoms with E-state index >= 15 is 0 Å². The average molecular weight is 436 g/mol. The standard InChI is InChI=1S/C25H28N4O3/c1-14-9-19(15(2)26-21-8-6-5-7-18(21)24(31)32-4)22-20(10-14)23(30)28(3)25(27-22)29-12-16-11-17(16)13-29/h5-10,15-17,26H,11-13H2,1-4H3/i1D3. The van der Waals surface area contributed by atoms with Crippen LogP contribution in [0.1, 0.15) is 45.0 Å². The Hall–Kier alpha value is -3.35. The van der Waals surface area contributed by atoms with Crippen molar-refractivity contribution in [3.05, 3.63) is 63.4 Å².